The molecular formula is C10H15FN2O. The maximum absolute atomic E-state index is 12.9. The molecule has 78 valence electrons. The first-order valence-corrected chi connectivity index (χ1v) is 4.45. The zero-order chi connectivity index (χ0) is 10.6. The molecule has 0 radical (unpaired) electrons. The van der Waals surface area contributed by atoms with Crippen LogP contribution >= 0.6 is 0 Å². The molecule has 0 aromatic heterocycles. The SMILES string of the molecule is CN(N)CC(CO)c1cccc(F)c1. The van der Waals surface area contributed by atoms with E-state index in [0.717, 1.165) is 5.56 Å². The lowest BCUT2D eigenvalue weighted by Gasteiger charge is -2.18. The summed E-state index contributed by atoms with van der Waals surface area (Å²) in [6.45, 7) is 0.463. The summed E-state index contributed by atoms with van der Waals surface area (Å²) in [6, 6.07) is 6.21. The van der Waals surface area contributed by atoms with Gasteiger partial charge in [0.05, 0.1) is 6.61 Å². The minimum Gasteiger partial charge on any atom is -0.396 e. The summed E-state index contributed by atoms with van der Waals surface area (Å²) in [6.07, 6.45) is 0. The summed E-state index contributed by atoms with van der Waals surface area (Å²) in [5, 5.41) is 10.6. The normalized spacial score (nSPS) is 13.2. The molecule has 1 aromatic rings. The molecule has 1 atom stereocenters. The van der Waals surface area contributed by atoms with Crippen molar-refractivity contribution < 1.29 is 9.50 Å². The standard InChI is InChI=1S/C10H15FN2O/c1-13(12)6-9(7-14)8-3-2-4-10(11)5-8/h2-5,9,14H,6-7,12H2,1H3. The largest absolute Gasteiger partial charge is 0.396 e. The quantitative estimate of drug-likeness (QED) is 0.553. The van der Waals surface area contributed by atoms with Gasteiger partial charge < -0.3 is 5.11 Å². The average molecular weight is 198 g/mol. The monoisotopic (exact) mass is 198 g/mol. The van der Waals surface area contributed by atoms with Crippen LogP contribution in [0.3, 0.4) is 0 Å². The third kappa shape index (κ3) is 3.06. The van der Waals surface area contributed by atoms with Crippen LogP contribution in [0.5, 0.6) is 0 Å². The zero-order valence-corrected chi connectivity index (χ0v) is 8.15. The highest BCUT2D eigenvalue weighted by Crippen LogP contribution is 2.16. The maximum Gasteiger partial charge on any atom is 0.123 e. The van der Waals surface area contributed by atoms with Crippen molar-refractivity contribution in [3.05, 3.63) is 35.6 Å². The van der Waals surface area contributed by atoms with Gasteiger partial charge in [-0.3, -0.25) is 5.84 Å². The second kappa shape index (κ2) is 5.05. The summed E-state index contributed by atoms with van der Waals surface area (Å²) >= 11 is 0. The Kier molecular flexibility index (Phi) is 4.00. The summed E-state index contributed by atoms with van der Waals surface area (Å²) in [4.78, 5) is 0. The maximum atomic E-state index is 12.9. The average Bonchev–Trinajstić information content (AvgIpc) is 2.14. The number of aliphatic hydroxyl groups excluding tert-OH is 1. The molecule has 3 nitrogen and oxygen atoms in total. The Morgan fingerprint density at radius 2 is 2.29 bits per heavy atom. The number of benzene rings is 1. The van der Waals surface area contributed by atoms with Crippen LogP contribution in [-0.4, -0.2) is 30.3 Å². The van der Waals surface area contributed by atoms with Crippen LogP contribution in [0.15, 0.2) is 24.3 Å². The molecule has 0 aliphatic heterocycles. The van der Waals surface area contributed by atoms with Crippen LogP contribution < -0.4 is 5.84 Å². The Morgan fingerprint density at radius 3 is 2.79 bits per heavy atom. The van der Waals surface area contributed by atoms with Crippen LogP contribution in [0, 0.1) is 5.82 Å². The van der Waals surface area contributed by atoms with Gasteiger partial charge in [-0.25, -0.2) is 9.40 Å². The first-order valence-electron chi connectivity index (χ1n) is 4.45. The fourth-order valence-electron chi connectivity index (χ4n) is 1.38. The summed E-state index contributed by atoms with van der Waals surface area (Å²) < 4.78 is 12.9. The minimum absolute atomic E-state index is 0.0367. The van der Waals surface area contributed by atoms with E-state index in [0.29, 0.717) is 6.54 Å². The molecule has 0 aliphatic carbocycles. The van der Waals surface area contributed by atoms with E-state index in [4.69, 9.17) is 10.9 Å². The molecule has 0 spiro atoms. The molecule has 14 heavy (non-hydrogen) atoms. The van der Waals surface area contributed by atoms with Crippen molar-refractivity contribution in [2.24, 2.45) is 5.84 Å². The van der Waals surface area contributed by atoms with Crippen molar-refractivity contribution in [1.82, 2.24) is 5.01 Å². The van der Waals surface area contributed by atoms with Crippen LogP contribution in [0.2, 0.25) is 0 Å². The van der Waals surface area contributed by atoms with Crippen LogP contribution in [0.25, 0.3) is 0 Å². The third-order valence-corrected chi connectivity index (χ3v) is 2.05. The van der Waals surface area contributed by atoms with E-state index in [-0.39, 0.29) is 18.3 Å². The number of hydrazine groups is 1. The van der Waals surface area contributed by atoms with Gasteiger partial charge in [-0.15, -0.1) is 0 Å². The van der Waals surface area contributed by atoms with Gasteiger partial charge in [0.2, 0.25) is 0 Å². The number of halogens is 1. The highest BCUT2D eigenvalue weighted by atomic mass is 19.1. The fraction of sp³-hybridized carbons (Fsp3) is 0.400. The topological polar surface area (TPSA) is 49.5 Å². The van der Waals surface area contributed by atoms with Gasteiger partial charge >= 0.3 is 0 Å². The molecule has 0 fully saturated rings. The van der Waals surface area contributed by atoms with Crippen LogP contribution in [0.4, 0.5) is 4.39 Å². The number of rotatable bonds is 4. The Morgan fingerprint density at radius 1 is 1.57 bits per heavy atom. The molecule has 0 heterocycles. The lowest BCUT2D eigenvalue weighted by atomic mass is 10.00. The zero-order valence-electron chi connectivity index (χ0n) is 8.15. The van der Waals surface area contributed by atoms with Crippen molar-refractivity contribution in [2.75, 3.05) is 20.2 Å². The van der Waals surface area contributed by atoms with Crippen LogP contribution in [0.1, 0.15) is 11.5 Å². The number of hydrogen-bond donors (Lipinski definition) is 2. The molecule has 0 saturated carbocycles. The van der Waals surface area contributed by atoms with Crippen molar-refractivity contribution in [3.63, 3.8) is 0 Å². The van der Waals surface area contributed by atoms with E-state index in [1.807, 2.05) is 0 Å². The Hall–Kier alpha value is -0.970. The molecule has 0 saturated heterocycles. The summed E-state index contributed by atoms with van der Waals surface area (Å²) in [5.41, 5.74) is 0.768. The van der Waals surface area contributed by atoms with Crippen molar-refractivity contribution in [3.8, 4) is 0 Å². The van der Waals surface area contributed by atoms with Gasteiger partial charge in [-0.1, -0.05) is 12.1 Å². The molecule has 0 aliphatic rings. The number of likely N-dealkylation sites (N-methyl/N-ethyl adjacent to an activating group) is 1. The van der Waals surface area contributed by atoms with Gasteiger partial charge in [0.15, 0.2) is 0 Å². The highest BCUT2D eigenvalue weighted by Gasteiger charge is 2.11. The van der Waals surface area contributed by atoms with Crippen molar-refractivity contribution in [1.29, 1.82) is 0 Å². The van der Waals surface area contributed by atoms with E-state index in [9.17, 15) is 4.39 Å². The van der Waals surface area contributed by atoms with E-state index in [1.54, 1.807) is 19.2 Å². The Balaban J connectivity index is 2.78. The summed E-state index contributed by atoms with van der Waals surface area (Å²) in [5.74, 6) is 5.04. The molecule has 0 amide bonds. The first-order chi connectivity index (χ1) is 6.63. The summed E-state index contributed by atoms with van der Waals surface area (Å²) in [7, 11) is 1.71. The van der Waals surface area contributed by atoms with E-state index < -0.39 is 0 Å². The predicted octanol–water partition coefficient (Wildman–Crippen LogP) is 0.707. The Bertz CT molecular complexity index is 291. The smallest absolute Gasteiger partial charge is 0.123 e. The number of nitrogens with zero attached hydrogens (tertiary/aromatic N) is 1. The lowest BCUT2D eigenvalue weighted by molar-refractivity contribution is 0.222. The van der Waals surface area contributed by atoms with Gasteiger partial charge in [0, 0.05) is 19.5 Å². The number of aliphatic hydroxyl groups is 1. The number of nitrogens with two attached hydrogens (primary N) is 1. The molecule has 3 N–H and O–H groups in total. The van der Waals surface area contributed by atoms with E-state index >= 15 is 0 Å². The molecule has 1 unspecified atom stereocenters. The van der Waals surface area contributed by atoms with E-state index in [2.05, 4.69) is 0 Å². The van der Waals surface area contributed by atoms with E-state index in [1.165, 1.54) is 17.1 Å². The second-order valence-corrected chi connectivity index (χ2v) is 3.37. The third-order valence-electron chi connectivity index (χ3n) is 2.05. The molecule has 0 bridgehead atoms. The molecular weight excluding hydrogens is 183 g/mol. The fourth-order valence-corrected chi connectivity index (χ4v) is 1.38. The predicted molar refractivity (Wildman–Crippen MR) is 53.0 cm³/mol. The highest BCUT2D eigenvalue weighted by molar-refractivity contribution is 5.21. The molecule has 1 rings (SSSR count). The van der Waals surface area contributed by atoms with Gasteiger partial charge in [-0.2, -0.15) is 0 Å². The van der Waals surface area contributed by atoms with Gasteiger partial charge in [-0.05, 0) is 17.7 Å². The van der Waals surface area contributed by atoms with Gasteiger partial charge in [0.25, 0.3) is 0 Å². The lowest BCUT2D eigenvalue weighted by Crippen LogP contribution is -2.32. The number of hydrogen-bond acceptors (Lipinski definition) is 3. The molecule has 4 heteroatoms. The minimum atomic E-state index is -0.291. The van der Waals surface area contributed by atoms with Crippen molar-refractivity contribution in [2.45, 2.75) is 5.92 Å². The second-order valence-electron chi connectivity index (χ2n) is 3.37. The Labute approximate surface area is 82.9 Å². The van der Waals surface area contributed by atoms with Crippen molar-refractivity contribution >= 4 is 0 Å². The van der Waals surface area contributed by atoms with Gasteiger partial charge in [0.1, 0.15) is 5.82 Å². The van der Waals surface area contributed by atoms with Crippen LogP contribution in [-0.2, 0) is 0 Å². The molecule has 1 aromatic carbocycles. The first kappa shape index (κ1) is 11.1.